The molecule has 138 valence electrons. The second-order valence-electron chi connectivity index (χ2n) is 6.71. The van der Waals surface area contributed by atoms with Gasteiger partial charge in [0.2, 0.25) is 0 Å². The predicted octanol–water partition coefficient (Wildman–Crippen LogP) is 2.90. The van der Waals surface area contributed by atoms with Crippen LogP contribution >= 0.6 is 0 Å². The molecule has 1 atom stereocenters. The van der Waals surface area contributed by atoms with Gasteiger partial charge in [-0.1, -0.05) is 60.7 Å². The lowest BCUT2D eigenvalue weighted by molar-refractivity contribution is 0.103. The summed E-state index contributed by atoms with van der Waals surface area (Å²) in [5.41, 5.74) is 2.21. The van der Waals surface area contributed by atoms with Crippen LogP contribution in [-0.4, -0.2) is 55.7 Å². The molecule has 0 spiro atoms. The average Bonchev–Trinajstić information content (AvgIpc) is 2.69. The number of nitrogens with zero attached hydrogens (tertiary/aromatic N) is 2. The van der Waals surface area contributed by atoms with Crippen molar-refractivity contribution in [2.24, 2.45) is 0 Å². The molecule has 5 nitrogen and oxygen atoms in total. The van der Waals surface area contributed by atoms with Gasteiger partial charge in [-0.15, -0.1) is 0 Å². The van der Waals surface area contributed by atoms with E-state index in [1.165, 1.54) is 5.56 Å². The normalized spacial score (nSPS) is 16.8. The highest BCUT2D eigenvalue weighted by Crippen LogP contribution is 2.21. The molecular weight excluding hydrogens is 326 g/mol. The summed E-state index contributed by atoms with van der Waals surface area (Å²) in [6.07, 6.45) is -0.371. The van der Waals surface area contributed by atoms with Crippen molar-refractivity contribution < 1.29 is 9.53 Å². The maximum Gasteiger partial charge on any atom is 0.407 e. The van der Waals surface area contributed by atoms with Gasteiger partial charge in [0.1, 0.15) is 6.61 Å². The highest BCUT2D eigenvalue weighted by atomic mass is 16.5. The van der Waals surface area contributed by atoms with Crippen LogP contribution in [0.25, 0.3) is 0 Å². The summed E-state index contributed by atoms with van der Waals surface area (Å²) in [7, 11) is 2.15. The zero-order valence-electron chi connectivity index (χ0n) is 15.3. The summed E-state index contributed by atoms with van der Waals surface area (Å²) in [4.78, 5) is 16.9. The molecule has 1 fully saturated rings. The van der Waals surface area contributed by atoms with Crippen molar-refractivity contribution in [1.29, 1.82) is 0 Å². The summed E-state index contributed by atoms with van der Waals surface area (Å²) in [6, 6.07) is 20.3. The number of carbonyl (C=O) groups is 1. The molecule has 1 unspecified atom stereocenters. The fourth-order valence-electron chi connectivity index (χ4n) is 3.22. The summed E-state index contributed by atoms with van der Waals surface area (Å²) >= 11 is 0. The van der Waals surface area contributed by atoms with Crippen LogP contribution in [0.4, 0.5) is 4.79 Å². The van der Waals surface area contributed by atoms with Crippen LogP contribution in [0, 0.1) is 0 Å². The van der Waals surface area contributed by atoms with Crippen LogP contribution in [0.2, 0.25) is 0 Å². The summed E-state index contributed by atoms with van der Waals surface area (Å²) < 4.78 is 5.34. The van der Waals surface area contributed by atoms with E-state index in [9.17, 15) is 4.79 Å². The first-order chi connectivity index (χ1) is 12.7. The Hall–Kier alpha value is -2.37. The minimum Gasteiger partial charge on any atom is -0.445 e. The maximum absolute atomic E-state index is 12.1. The molecular formula is C21H27N3O2. The highest BCUT2D eigenvalue weighted by molar-refractivity contribution is 5.67. The van der Waals surface area contributed by atoms with E-state index < -0.39 is 0 Å². The molecule has 2 aromatic rings. The number of amides is 1. The molecule has 1 aliphatic rings. The molecule has 0 bridgehead atoms. The Balaban J connectivity index is 1.56. The van der Waals surface area contributed by atoms with E-state index in [4.69, 9.17) is 4.74 Å². The number of ether oxygens (including phenoxy) is 1. The molecule has 26 heavy (non-hydrogen) atoms. The van der Waals surface area contributed by atoms with Gasteiger partial charge in [-0.05, 0) is 18.2 Å². The molecule has 2 aromatic carbocycles. The highest BCUT2D eigenvalue weighted by Gasteiger charge is 2.24. The fraction of sp³-hybridized carbons (Fsp3) is 0.381. The van der Waals surface area contributed by atoms with E-state index in [1.54, 1.807) is 0 Å². The zero-order valence-corrected chi connectivity index (χ0v) is 15.3. The second-order valence-corrected chi connectivity index (χ2v) is 6.71. The van der Waals surface area contributed by atoms with Crippen LogP contribution in [0.5, 0.6) is 0 Å². The maximum atomic E-state index is 12.1. The van der Waals surface area contributed by atoms with Gasteiger partial charge in [0.05, 0.1) is 6.04 Å². The Morgan fingerprint density at radius 1 is 1.00 bits per heavy atom. The number of benzene rings is 2. The van der Waals surface area contributed by atoms with Gasteiger partial charge >= 0.3 is 6.09 Å². The third kappa shape index (κ3) is 5.31. The Bertz CT molecular complexity index is 670. The lowest BCUT2D eigenvalue weighted by atomic mass is 10.0. The van der Waals surface area contributed by atoms with Crippen molar-refractivity contribution >= 4 is 6.09 Å². The molecule has 1 aliphatic heterocycles. The van der Waals surface area contributed by atoms with Gasteiger partial charge in [0.15, 0.2) is 0 Å². The molecule has 1 N–H and O–H groups in total. The fourth-order valence-corrected chi connectivity index (χ4v) is 3.22. The number of likely N-dealkylation sites (N-methyl/N-ethyl adjacent to an activating group) is 1. The number of piperazine rings is 1. The summed E-state index contributed by atoms with van der Waals surface area (Å²) in [5, 5.41) is 2.94. The third-order valence-electron chi connectivity index (χ3n) is 4.82. The molecule has 1 saturated heterocycles. The SMILES string of the molecule is CN1CCN(C(CNC(=O)OCc2ccccc2)c2ccccc2)CC1. The van der Waals surface area contributed by atoms with Crippen molar-refractivity contribution in [2.45, 2.75) is 12.6 Å². The number of carbonyl (C=O) groups excluding carboxylic acids is 1. The van der Waals surface area contributed by atoms with E-state index in [2.05, 4.69) is 34.3 Å². The van der Waals surface area contributed by atoms with E-state index in [0.29, 0.717) is 6.54 Å². The molecule has 0 saturated carbocycles. The van der Waals surface area contributed by atoms with E-state index in [1.807, 2.05) is 48.5 Å². The van der Waals surface area contributed by atoms with Crippen molar-refractivity contribution in [1.82, 2.24) is 15.1 Å². The number of hydrogen-bond acceptors (Lipinski definition) is 4. The first kappa shape index (κ1) is 18.4. The van der Waals surface area contributed by atoms with Gasteiger partial charge in [-0.25, -0.2) is 4.79 Å². The van der Waals surface area contributed by atoms with Crippen molar-refractivity contribution in [3.63, 3.8) is 0 Å². The number of alkyl carbamates (subject to hydrolysis) is 1. The van der Waals surface area contributed by atoms with Crippen molar-refractivity contribution in [3.8, 4) is 0 Å². The lowest BCUT2D eigenvalue weighted by Crippen LogP contribution is -2.48. The van der Waals surface area contributed by atoms with Crippen LogP contribution in [0.3, 0.4) is 0 Å². The first-order valence-corrected chi connectivity index (χ1v) is 9.14. The lowest BCUT2D eigenvalue weighted by Gasteiger charge is -2.38. The van der Waals surface area contributed by atoms with E-state index in [0.717, 1.165) is 31.7 Å². The smallest absolute Gasteiger partial charge is 0.407 e. The van der Waals surface area contributed by atoms with Crippen LogP contribution < -0.4 is 5.32 Å². The largest absolute Gasteiger partial charge is 0.445 e. The van der Waals surface area contributed by atoms with E-state index in [-0.39, 0.29) is 18.7 Å². The average molecular weight is 353 g/mol. The standard InChI is InChI=1S/C21H27N3O2/c1-23-12-14-24(15-13-23)20(19-10-6-3-7-11-19)16-22-21(25)26-17-18-8-4-2-5-9-18/h2-11,20H,12-17H2,1H3,(H,22,25). The molecule has 3 rings (SSSR count). The monoisotopic (exact) mass is 353 g/mol. The van der Waals surface area contributed by atoms with Crippen LogP contribution in [0.1, 0.15) is 17.2 Å². The zero-order chi connectivity index (χ0) is 18.2. The second kappa shape index (κ2) is 9.36. The van der Waals surface area contributed by atoms with Crippen LogP contribution in [-0.2, 0) is 11.3 Å². The van der Waals surface area contributed by atoms with Gasteiger partial charge < -0.3 is 15.0 Å². The topological polar surface area (TPSA) is 44.8 Å². The minimum absolute atomic E-state index is 0.161. The van der Waals surface area contributed by atoms with Crippen molar-refractivity contribution in [2.75, 3.05) is 39.8 Å². The Kier molecular flexibility index (Phi) is 6.63. The van der Waals surface area contributed by atoms with Crippen LogP contribution in [0.15, 0.2) is 60.7 Å². The molecule has 0 aliphatic carbocycles. The third-order valence-corrected chi connectivity index (χ3v) is 4.82. The van der Waals surface area contributed by atoms with E-state index >= 15 is 0 Å². The quantitative estimate of drug-likeness (QED) is 0.867. The summed E-state index contributed by atoms with van der Waals surface area (Å²) in [5.74, 6) is 0. The van der Waals surface area contributed by atoms with Crippen molar-refractivity contribution in [3.05, 3.63) is 71.8 Å². The summed E-state index contributed by atoms with van der Waals surface area (Å²) in [6.45, 7) is 4.91. The Morgan fingerprint density at radius 2 is 1.62 bits per heavy atom. The number of hydrogen-bond donors (Lipinski definition) is 1. The van der Waals surface area contributed by atoms with Gasteiger partial charge in [-0.2, -0.15) is 0 Å². The molecule has 5 heteroatoms. The number of nitrogens with one attached hydrogen (secondary N) is 1. The first-order valence-electron chi connectivity index (χ1n) is 9.14. The Labute approximate surface area is 155 Å². The van der Waals surface area contributed by atoms with Gasteiger partial charge in [0.25, 0.3) is 0 Å². The molecule has 1 amide bonds. The molecule has 0 radical (unpaired) electrons. The van der Waals surface area contributed by atoms with Gasteiger partial charge in [-0.3, -0.25) is 4.90 Å². The molecule has 1 heterocycles. The number of rotatable bonds is 6. The van der Waals surface area contributed by atoms with Gasteiger partial charge in [0, 0.05) is 32.7 Å². The predicted molar refractivity (Wildman–Crippen MR) is 103 cm³/mol. The molecule has 0 aromatic heterocycles. The Morgan fingerprint density at radius 3 is 2.27 bits per heavy atom. The minimum atomic E-state index is -0.371.